The van der Waals surface area contributed by atoms with E-state index in [1.807, 2.05) is 31.2 Å². The molecule has 1 N–H and O–H groups in total. The highest BCUT2D eigenvalue weighted by atomic mass is 19.1. The summed E-state index contributed by atoms with van der Waals surface area (Å²) in [7, 11) is 0. The summed E-state index contributed by atoms with van der Waals surface area (Å²) in [6.07, 6.45) is 1.36. The smallest absolute Gasteiger partial charge is 0.295 e. The number of carbonyl (C=O) groups excluding carboxylic acids is 1. The maximum Gasteiger partial charge on any atom is 0.295 e. The molecular weight excluding hydrogens is 381 g/mol. The number of hydrogen-bond donors (Lipinski definition) is 1. The summed E-state index contributed by atoms with van der Waals surface area (Å²) < 4.78 is 14.2. The van der Waals surface area contributed by atoms with Gasteiger partial charge in [0.1, 0.15) is 23.7 Å². The zero-order chi connectivity index (χ0) is 21.0. The van der Waals surface area contributed by atoms with Gasteiger partial charge in [0, 0.05) is 6.20 Å². The molecule has 2 aromatic carbocycles. The number of halogens is 1. The average molecular weight is 397 g/mol. The fourth-order valence-corrected chi connectivity index (χ4v) is 2.65. The van der Waals surface area contributed by atoms with Crippen LogP contribution < -0.4 is 15.7 Å². The number of benzene rings is 2. The number of amides is 1. The molecule has 3 aromatic rings. The van der Waals surface area contributed by atoms with E-state index in [9.17, 15) is 24.1 Å². The third-order valence-electron chi connectivity index (χ3n) is 4.02. The predicted molar refractivity (Wildman–Crippen MR) is 103 cm³/mol. The standard InChI is InChI=1S/C20H16FN3O5/c1-13-4-2-5-14(10-13)12-29-23-9-3-6-16(20(23)26)19(25)22-17-8-7-15(21)11-18(17)24(27)28/h2-11H,12H2,1H3,(H,22,25). The lowest BCUT2D eigenvalue weighted by molar-refractivity contribution is -0.384. The minimum absolute atomic E-state index is 0.107. The molecule has 0 saturated carbocycles. The Kier molecular flexibility index (Phi) is 5.68. The van der Waals surface area contributed by atoms with Gasteiger partial charge in [0.05, 0.1) is 11.0 Å². The first-order valence-corrected chi connectivity index (χ1v) is 8.51. The SMILES string of the molecule is Cc1cccc(COn2cccc(C(=O)Nc3ccc(F)cc3[N+](=O)[O-])c2=O)c1. The van der Waals surface area contributed by atoms with E-state index in [1.165, 1.54) is 18.3 Å². The third-order valence-corrected chi connectivity index (χ3v) is 4.02. The molecule has 0 fully saturated rings. The van der Waals surface area contributed by atoms with E-state index >= 15 is 0 Å². The Morgan fingerprint density at radius 3 is 2.72 bits per heavy atom. The molecule has 0 atom stereocenters. The number of aromatic nitrogens is 1. The Bertz CT molecular complexity index is 1140. The van der Waals surface area contributed by atoms with Crippen molar-refractivity contribution in [1.82, 2.24) is 4.73 Å². The van der Waals surface area contributed by atoms with Crippen molar-refractivity contribution in [3.8, 4) is 0 Å². The normalized spacial score (nSPS) is 10.4. The van der Waals surface area contributed by atoms with Crippen LogP contribution in [-0.2, 0) is 6.61 Å². The highest BCUT2D eigenvalue weighted by Crippen LogP contribution is 2.25. The molecule has 0 saturated heterocycles. The molecule has 1 heterocycles. The molecule has 1 amide bonds. The molecule has 8 nitrogen and oxygen atoms in total. The monoisotopic (exact) mass is 397 g/mol. The van der Waals surface area contributed by atoms with Crippen LogP contribution >= 0.6 is 0 Å². The summed E-state index contributed by atoms with van der Waals surface area (Å²) in [5.74, 6) is -1.69. The zero-order valence-corrected chi connectivity index (χ0v) is 15.3. The van der Waals surface area contributed by atoms with Gasteiger partial charge in [0.15, 0.2) is 0 Å². The Hall–Kier alpha value is -4.01. The highest BCUT2D eigenvalue weighted by molar-refractivity contribution is 6.05. The molecule has 29 heavy (non-hydrogen) atoms. The van der Waals surface area contributed by atoms with E-state index in [4.69, 9.17) is 4.84 Å². The summed E-state index contributed by atoms with van der Waals surface area (Å²) in [6, 6.07) is 12.9. The summed E-state index contributed by atoms with van der Waals surface area (Å²) in [5, 5.41) is 13.3. The second kappa shape index (κ2) is 8.34. The van der Waals surface area contributed by atoms with Crippen molar-refractivity contribution in [2.75, 3.05) is 5.32 Å². The molecular formula is C20H16FN3O5. The van der Waals surface area contributed by atoms with E-state index in [0.717, 1.165) is 28.0 Å². The van der Waals surface area contributed by atoms with Gasteiger partial charge in [-0.25, -0.2) is 4.39 Å². The van der Waals surface area contributed by atoms with Crippen molar-refractivity contribution in [2.24, 2.45) is 0 Å². The minimum Gasteiger partial charge on any atom is -0.406 e. The van der Waals surface area contributed by atoms with Gasteiger partial charge >= 0.3 is 0 Å². The Labute approximate surface area is 164 Å². The van der Waals surface area contributed by atoms with Gasteiger partial charge in [-0.1, -0.05) is 29.8 Å². The Morgan fingerprint density at radius 1 is 1.21 bits per heavy atom. The molecule has 0 aliphatic carbocycles. The molecule has 0 aliphatic heterocycles. The number of nitrogens with zero attached hydrogens (tertiary/aromatic N) is 2. The first-order valence-electron chi connectivity index (χ1n) is 8.51. The van der Waals surface area contributed by atoms with E-state index in [1.54, 1.807) is 0 Å². The van der Waals surface area contributed by atoms with Crippen molar-refractivity contribution >= 4 is 17.3 Å². The van der Waals surface area contributed by atoms with Crippen LogP contribution in [0.25, 0.3) is 0 Å². The highest BCUT2D eigenvalue weighted by Gasteiger charge is 2.20. The number of hydrogen-bond acceptors (Lipinski definition) is 5. The van der Waals surface area contributed by atoms with E-state index in [2.05, 4.69) is 5.32 Å². The fraction of sp³-hybridized carbons (Fsp3) is 0.100. The molecule has 0 radical (unpaired) electrons. The molecule has 3 rings (SSSR count). The quantitative estimate of drug-likeness (QED) is 0.509. The lowest BCUT2D eigenvalue weighted by Crippen LogP contribution is -2.32. The number of nitrogens with one attached hydrogen (secondary N) is 1. The lowest BCUT2D eigenvalue weighted by Gasteiger charge is -2.11. The predicted octanol–water partition coefficient (Wildman–Crippen LogP) is 3.09. The molecule has 0 aliphatic rings. The van der Waals surface area contributed by atoms with Crippen LogP contribution in [0, 0.1) is 22.9 Å². The molecule has 0 unspecified atom stereocenters. The average Bonchev–Trinajstić information content (AvgIpc) is 2.68. The van der Waals surface area contributed by atoms with Crippen LogP contribution in [-0.4, -0.2) is 15.6 Å². The van der Waals surface area contributed by atoms with Crippen LogP contribution in [0.3, 0.4) is 0 Å². The molecule has 148 valence electrons. The summed E-state index contributed by atoms with van der Waals surface area (Å²) in [6.45, 7) is 2.03. The molecule has 1 aromatic heterocycles. The number of nitro benzene ring substituents is 1. The van der Waals surface area contributed by atoms with Gasteiger partial charge in [-0.3, -0.25) is 19.7 Å². The van der Waals surface area contributed by atoms with Gasteiger partial charge < -0.3 is 10.2 Å². The van der Waals surface area contributed by atoms with Crippen LogP contribution in [0.4, 0.5) is 15.8 Å². The fourth-order valence-electron chi connectivity index (χ4n) is 2.65. The summed E-state index contributed by atoms with van der Waals surface area (Å²) >= 11 is 0. The van der Waals surface area contributed by atoms with Crippen molar-refractivity contribution in [3.05, 3.63) is 104 Å². The second-order valence-corrected chi connectivity index (χ2v) is 6.19. The van der Waals surface area contributed by atoms with E-state index < -0.39 is 27.9 Å². The number of nitro groups is 1. The van der Waals surface area contributed by atoms with Gasteiger partial charge in [-0.15, -0.1) is 0 Å². The number of anilines is 1. The van der Waals surface area contributed by atoms with Crippen LogP contribution in [0.1, 0.15) is 21.5 Å². The number of aryl methyl sites for hydroxylation is 1. The van der Waals surface area contributed by atoms with Crippen molar-refractivity contribution in [2.45, 2.75) is 13.5 Å². The van der Waals surface area contributed by atoms with Crippen molar-refractivity contribution in [3.63, 3.8) is 0 Å². The topological polar surface area (TPSA) is 103 Å². The number of pyridine rings is 1. The number of rotatable bonds is 6. The van der Waals surface area contributed by atoms with E-state index in [-0.39, 0.29) is 17.9 Å². The lowest BCUT2D eigenvalue weighted by atomic mass is 10.1. The van der Waals surface area contributed by atoms with Crippen LogP contribution in [0.2, 0.25) is 0 Å². The molecule has 0 spiro atoms. The second-order valence-electron chi connectivity index (χ2n) is 6.19. The van der Waals surface area contributed by atoms with Crippen molar-refractivity contribution in [1.29, 1.82) is 0 Å². The first kappa shape index (κ1) is 19.7. The maximum atomic E-state index is 13.2. The van der Waals surface area contributed by atoms with Gasteiger partial charge in [-0.05, 0) is 36.8 Å². The third kappa shape index (κ3) is 4.64. The van der Waals surface area contributed by atoms with E-state index in [0.29, 0.717) is 6.07 Å². The zero-order valence-electron chi connectivity index (χ0n) is 15.3. The van der Waals surface area contributed by atoms with Crippen molar-refractivity contribution < 1.29 is 18.9 Å². The molecule has 9 heteroatoms. The Balaban J connectivity index is 1.81. The van der Waals surface area contributed by atoms with Crippen LogP contribution in [0.15, 0.2) is 65.6 Å². The summed E-state index contributed by atoms with van der Waals surface area (Å²) in [4.78, 5) is 40.7. The van der Waals surface area contributed by atoms with Crippen LogP contribution in [0.5, 0.6) is 0 Å². The first-order chi connectivity index (χ1) is 13.8. The number of carbonyl (C=O) groups is 1. The summed E-state index contributed by atoms with van der Waals surface area (Å²) in [5.41, 5.74) is 0.0149. The van der Waals surface area contributed by atoms with Gasteiger partial charge in [-0.2, -0.15) is 4.73 Å². The minimum atomic E-state index is -0.877. The largest absolute Gasteiger partial charge is 0.406 e. The Morgan fingerprint density at radius 2 is 2.00 bits per heavy atom. The van der Waals surface area contributed by atoms with Gasteiger partial charge in [0.25, 0.3) is 17.2 Å². The molecule has 0 bridgehead atoms. The maximum absolute atomic E-state index is 13.2. The van der Waals surface area contributed by atoms with Gasteiger partial charge in [0.2, 0.25) is 0 Å².